The SMILES string of the molecule is c1ccc(-c2cccc(-c3nc(-c4cccc(-c5cc(-c6ccccc6)cc6ccccc56)c4)nc(-c4ccc5c6ccccc6n(-c6ccccc6)c5c4)n3)c2)cc1. The molecule has 276 valence electrons. The van der Waals surface area contributed by atoms with Crippen LogP contribution in [0.1, 0.15) is 0 Å². The summed E-state index contributed by atoms with van der Waals surface area (Å²) in [6, 6.07) is 77.0. The predicted molar refractivity (Wildman–Crippen MR) is 244 cm³/mol. The second-order valence-corrected chi connectivity index (χ2v) is 14.9. The normalized spacial score (nSPS) is 11.4. The molecule has 4 nitrogen and oxygen atoms in total. The van der Waals surface area contributed by atoms with Crippen molar-refractivity contribution in [1.82, 2.24) is 19.5 Å². The summed E-state index contributed by atoms with van der Waals surface area (Å²) in [5.74, 6) is 1.85. The van der Waals surface area contributed by atoms with E-state index in [1.165, 1.54) is 32.7 Å². The first kappa shape index (κ1) is 34.3. The van der Waals surface area contributed by atoms with Gasteiger partial charge in [0.25, 0.3) is 0 Å². The summed E-state index contributed by atoms with van der Waals surface area (Å²) < 4.78 is 2.33. The van der Waals surface area contributed by atoms with E-state index < -0.39 is 0 Å². The number of fused-ring (bicyclic) bond motifs is 4. The van der Waals surface area contributed by atoms with Crippen LogP contribution < -0.4 is 0 Å². The Morgan fingerprint density at radius 1 is 0.271 bits per heavy atom. The van der Waals surface area contributed by atoms with Gasteiger partial charge in [0.05, 0.1) is 11.0 Å². The van der Waals surface area contributed by atoms with Crippen molar-refractivity contribution in [1.29, 1.82) is 0 Å². The summed E-state index contributed by atoms with van der Waals surface area (Å²) in [6.07, 6.45) is 0. The lowest BCUT2D eigenvalue weighted by atomic mass is 9.92. The zero-order chi connectivity index (χ0) is 39.1. The summed E-state index contributed by atoms with van der Waals surface area (Å²) in [4.78, 5) is 15.7. The van der Waals surface area contributed by atoms with Gasteiger partial charge in [0.15, 0.2) is 17.5 Å². The third-order valence-corrected chi connectivity index (χ3v) is 11.2. The number of rotatable bonds is 7. The molecule has 2 aromatic heterocycles. The van der Waals surface area contributed by atoms with Gasteiger partial charge in [-0.3, -0.25) is 0 Å². The molecule has 2 heterocycles. The molecule has 0 atom stereocenters. The zero-order valence-electron chi connectivity index (χ0n) is 32.1. The van der Waals surface area contributed by atoms with Gasteiger partial charge in [-0.25, -0.2) is 15.0 Å². The van der Waals surface area contributed by atoms with E-state index in [4.69, 9.17) is 15.0 Å². The average Bonchev–Trinajstić information content (AvgIpc) is 3.65. The molecule has 0 aliphatic rings. The minimum atomic E-state index is 0.615. The van der Waals surface area contributed by atoms with Crippen LogP contribution in [-0.2, 0) is 0 Å². The first-order valence-corrected chi connectivity index (χ1v) is 19.9. The van der Waals surface area contributed by atoms with Crippen molar-refractivity contribution in [3.63, 3.8) is 0 Å². The number of hydrogen-bond donors (Lipinski definition) is 0. The van der Waals surface area contributed by atoms with E-state index in [1.54, 1.807) is 0 Å². The molecule has 0 saturated heterocycles. The molecule has 0 fully saturated rings. The van der Waals surface area contributed by atoms with Crippen LogP contribution in [0.2, 0.25) is 0 Å². The molecule has 0 unspecified atom stereocenters. The molecule has 0 amide bonds. The molecule has 0 aliphatic heterocycles. The van der Waals surface area contributed by atoms with Gasteiger partial charge in [-0.1, -0.05) is 170 Å². The standard InChI is InChI=1S/C55H36N4/c1-4-16-37(17-5-1)39-21-14-23-42(32-39)53-56-54(43-24-15-22-41(33-43)50-35-45(38-18-6-2-7-19-38)34-40-20-10-11-27-47(40)50)58-55(57-53)44-30-31-49-48-28-12-13-29-51(48)59(52(49)36-44)46-25-8-3-9-26-46/h1-36H. The highest BCUT2D eigenvalue weighted by atomic mass is 15.0. The van der Waals surface area contributed by atoms with Crippen molar-refractivity contribution in [2.24, 2.45) is 0 Å². The van der Waals surface area contributed by atoms with Gasteiger partial charge in [-0.15, -0.1) is 0 Å². The van der Waals surface area contributed by atoms with Crippen molar-refractivity contribution in [2.75, 3.05) is 0 Å². The van der Waals surface area contributed by atoms with Crippen molar-refractivity contribution < 1.29 is 0 Å². The molecule has 4 heteroatoms. The van der Waals surface area contributed by atoms with E-state index in [0.717, 1.165) is 55.7 Å². The number of nitrogens with zero attached hydrogens (tertiary/aromatic N) is 4. The Morgan fingerprint density at radius 3 is 1.46 bits per heavy atom. The molecule has 59 heavy (non-hydrogen) atoms. The molecule has 0 bridgehead atoms. The van der Waals surface area contributed by atoms with Crippen LogP contribution in [0.25, 0.3) is 106 Å². The lowest BCUT2D eigenvalue weighted by Gasteiger charge is -2.13. The Bertz CT molecular complexity index is 3320. The Labute approximate surface area is 342 Å². The molecule has 9 aromatic carbocycles. The Hall–Kier alpha value is -7.95. The summed E-state index contributed by atoms with van der Waals surface area (Å²) in [5.41, 5.74) is 13.0. The number of para-hydroxylation sites is 2. The summed E-state index contributed by atoms with van der Waals surface area (Å²) in [7, 11) is 0. The quantitative estimate of drug-likeness (QED) is 0.163. The van der Waals surface area contributed by atoms with E-state index in [9.17, 15) is 0 Å². The number of benzene rings is 9. The van der Waals surface area contributed by atoms with E-state index in [-0.39, 0.29) is 0 Å². The highest BCUT2D eigenvalue weighted by Gasteiger charge is 2.18. The van der Waals surface area contributed by atoms with Crippen LogP contribution in [0, 0.1) is 0 Å². The number of hydrogen-bond acceptors (Lipinski definition) is 3. The Kier molecular flexibility index (Phi) is 8.45. The second kappa shape index (κ2) is 14.5. The van der Waals surface area contributed by atoms with Gasteiger partial charge in [0.2, 0.25) is 0 Å². The van der Waals surface area contributed by atoms with Crippen molar-refractivity contribution in [3.05, 3.63) is 218 Å². The lowest BCUT2D eigenvalue weighted by Crippen LogP contribution is -2.01. The van der Waals surface area contributed by atoms with Crippen LogP contribution in [0.3, 0.4) is 0 Å². The first-order valence-electron chi connectivity index (χ1n) is 19.9. The van der Waals surface area contributed by atoms with Crippen molar-refractivity contribution in [2.45, 2.75) is 0 Å². The number of aromatic nitrogens is 4. The summed E-state index contributed by atoms with van der Waals surface area (Å²) >= 11 is 0. The van der Waals surface area contributed by atoms with Crippen molar-refractivity contribution in [3.8, 4) is 73.2 Å². The highest BCUT2D eigenvalue weighted by molar-refractivity contribution is 6.10. The first-order chi connectivity index (χ1) is 29.2. The van der Waals surface area contributed by atoms with Gasteiger partial charge in [-0.2, -0.15) is 0 Å². The van der Waals surface area contributed by atoms with E-state index in [1.807, 2.05) is 6.07 Å². The predicted octanol–water partition coefficient (Wildman–Crippen LogP) is 14.1. The molecule has 11 rings (SSSR count). The third-order valence-electron chi connectivity index (χ3n) is 11.2. The fourth-order valence-electron chi connectivity index (χ4n) is 8.37. The van der Waals surface area contributed by atoms with Crippen LogP contribution in [-0.4, -0.2) is 19.5 Å². The van der Waals surface area contributed by atoms with E-state index >= 15 is 0 Å². The van der Waals surface area contributed by atoms with Gasteiger partial charge in [0.1, 0.15) is 0 Å². The van der Waals surface area contributed by atoms with E-state index in [2.05, 4.69) is 217 Å². The van der Waals surface area contributed by atoms with Crippen molar-refractivity contribution >= 4 is 32.6 Å². The maximum atomic E-state index is 5.27. The van der Waals surface area contributed by atoms with Crippen LogP contribution in [0.4, 0.5) is 0 Å². The minimum Gasteiger partial charge on any atom is -0.309 e. The molecule has 0 saturated carbocycles. The zero-order valence-corrected chi connectivity index (χ0v) is 32.1. The maximum Gasteiger partial charge on any atom is 0.164 e. The molecule has 0 radical (unpaired) electrons. The van der Waals surface area contributed by atoms with Gasteiger partial charge in [0, 0.05) is 33.2 Å². The van der Waals surface area contributed by atoms with Crippen LogP contribution in [0.5, 0.6) is 0 Å². The lowest BCUT2D eigenvalue weighted by molar-refractivity contribution is 1.07. The smallest absolute Gasteiger partial charge is 0.164 e. The third kappa shape index (κ3) is 6.34. The van der Waals surface area contributed by atoms with E-state index in [0.29, 0.717) is 17.5 Å². The molecule has 0 N–H and O–H groups in total. The highest BCUT2D eigenvalue weighted by Crippen LogP contribution is 2.38. The molecule has 11 aromatic rings. The van der Waals surface area contributed by atoms with Gasteiger partial charge in [-0.05, 0) is 92.7 Å². The largest absolute Gasteiger partial charge is 0.309 e. The second-order valence-electron chi connectivity index (χ2n) is 14.9. The minimum absolute atomic E-state index is 0.615. The summed E-state index contributed by atoms with van der Waals surface area (Å²) in [6.45, 7) is 0. The Morgan fingerprint density at radius 2 is 0.763 bits per heavy atom. The van der Waals surface area contributed by atoms with Crippen LogP contribution in [0.15, 0.2) is 218 Å². The summed E-state index contributed by atoms with van der Waals surface area (Å²) in [5, 5.41) is 4.77. The Balaban J connectivity index is 1.11. The fourth-order valence-corrected chi connectivity index (χ4v) is 8.37. The molecule has 0 spiro atoms. The monoisotopic (exact) mass is 752 g/mol. The van der Waals surface area contributed by atoms with Gasteiger partial charge >= 0.3 is 0 Å². The van der Waals surface area contributed by atoms with Gasteiger partial charge < -0.3 is 4.57 Å². The topological polar surface area (TPSA) is 43.6 Å². The van der Waals surface area contributed by atoms with Crippen LogP contribution >= 0.6 is 0 Å². The maximum absolute atomic E-state index is 5.27. The molecular weight excluding hydrogens is 717 g/mol. The molecular formula is C55H36N4. The fraction of sp³-hybridized carbons (Fsp3) is 0. The average molecular weight is 753 g/mol. The molecule has 0 aliphatic carbocycles.